The first-order chi connectivity index (χ1) is 9.09. The van der Waals surface area contributed by atoms with Gasteiger partial charge in [-0.25, -0.2) is 0 Å². The number of carboxylic acid groups (broad SMARTS) is 2. The van der Waals surface area contributed by atoms with Gasteiger partial charge in [0.2, 0.25) is 0 Å². The second kappa shape index (κ2) is 7.84. The van der Waals surface area contributed by atoms with Crippen LogP contribution in [-0.4, -0.2) is 45.7 Å². The van der Waals surface area contributed by atoms with Crippen LogP contribution in [0.25, 0.3) is 0 Å². The van der Waals surface area contributed by atoms with Crippen LogP contribution in [-0.2, 0) is 9.59 Å². The number of rotatable bonds is 6. The maximum absolute atomic E-state index is 11.4. The summed E-state index contributed by atoms with van der Waals surface area (Å²) in [5, 5.41) is 18.0. The Bertz CT molecular complexity index is 350. The van der Waals surface area contributed by atoms with Crippen molar-refractivity contribution >= 4 is 24.3 Å². The molecule has 0 bridgehead atoms. The maximum Gasteiger partial charge on any atom is 0.320 e. The number of aliphatic carboxylic acids is 2. The molecule has 3 unspecified atom stereocenters. The molecule has 6 heteroatoms. The Balaban J connectivity index is 0.00000200. The Labute approximate surface area is 125 Å². The fraction of sp³-hybridized carbons (Fsp3) is 0.857. The topological polar surface area (TPSA) is 77.8 Å². The minimum atomic E-state index is -0.772. The van der Waals surface area contributed by atoms with Crippen molar-refractivity contribution in [2.75, 3.05) is 6.54 Å². The van der Waals surface area contributed by atoms with Gasteiger partial charge in [0, 0.05) is 12.5 Å². The molecule has 20 heavy (non-hydrogen) atoms. The van der Waals surface area contributed by atoms with E-state index in [-0.39, 0.29) is 24.9 Å². The first-order valence-electron chi connectivity index (χ1n) is 7.30. The van der Waals surface area contributed by atoms with E-state index in [9.17, 15) is 14.7 Å². The molecular weight excluding hydrogens is 282 g/mol. The SMILES string of the molecule is Cl.O=C(O)CCCCN1C(C(=O)O)CC2CCCCC21. The summed E-state index contributed by atoms with van der Waals surface area (Å²) in [6.45, 7) is 0.728. The monoisotopic (exact) mass is 305 g/mol. The molecule has 2 N–H and O–H groups in total. The molecule has 0 amide bonds. The normalized spacial score (nSPS) is 29.5. The van der Waals surface area contributed by atoms with Crippen LogP contribution in [0.15, 0.2) is 0 Å². The smallest absolute Gasteiger partial charge is 0.320 e. The molecule has 1 heterocycles. The second-order valence-corrected chi connectivity index (χ2v) is 5.79. The molecule has 0 radical (unpaired) electrons. The van der Waals surface area contributed by atoms with Crippen molar-refractivity contribution in [3.8, 4) is 0 Å². The van der Waals surface area contributed by atoms with Crippen LogP contribution in [0.1, 0.15) is 51.4 Å². The fourth-order valence-corrected chi connectivity index (χ4v) is 3.69. The van der Waals surface area contributed by atoms with E-state index >= 15 is 0 Å². The van der Waals surface area contributed by atoms with Gasteiger partial charge >= 0.3 is 11.9 Å². The van der Waals surface area contributed by atoms with Gasteiger partial charge in [0.05, 0.1) is 0 Å². The predicted molar refractivity (Wildman–Crippen MR) is 77.2 cm³/mol. The van der Waals surface area contributed by atoms with Crippen LogP contribution in [0.2, 0.25) is 0 Å². The van der Waals surface area contributed by atoms with E-state index in [1.807, 2.05) is 0 Å². The molecule has 116 valence electrons. The summed E-state index contributed by atoms with van der Waals surface area (Å²) in [5.41, 5.74) is 0. The van der Waals surface area contributed by atoms with Crippen molar-refractivity contribution in [3.63, 3.8) is 0 Å². The molecular formula is C14H24ClNO4. The van der Waals surface area contributed by atoms with Gasteiger partial charge in [0.1, 0.15) is 6.04 Å². The molecule has 0 aromatic rings. The van der Waals surface area contributed by atoms with Gasteiger partial charge in [-0.05, 0) is 44.6 Å². The number of nitrogens with zero attached hydrogens (tertiary/aromatic N) is 1. The molecule has 2 aliphatic rings. The van der Waals surface area contributed by atoms with Crippen LogP contribution < -0.4 is 0 Å². The van der Waals surface area contributed by atoms with Gasteiger partial charge in [-0.1, -0.05) is 12.8 Å². The molecule has 0 aromatic heterocycles. The number of carboxylic acids is 2. The van der Waals surface area contributed by atoms with E-state index in [1.165, 1.54) is 12.8 Å². The quantitative estimate of drug-likeness (QED) is 0.737. The maximum atomic E-state index is 11.4. The minimum Gasteiger partial charge on any atom is -0.481 e. The van der Waals surface area contributed by atoms with Gasteiger partial charge in [-0.2, -0.15) is 0 Å². The van der Waals surface area contributed by atoms with Crippen molar-refractivity contribution in [3.05, 3.63) is 0 Å². The molecule has 0 spiro atoms. The lowest BCUT2D eigenvalue weighted by atomic mass is 9.85. The van der Waals surface area contributed by atoms with E-state index in [2.05, 4.69) is 4.90 Å². The summed E-state index contributed by atoms with van der Waals surface area (Å²) >= 11 is 0. The minimum absolute atomic E-state index is 0. The number of fused-ring (bicyclic) bond motifs is 1. The highest BCUT2D eigenvalue weighted by Gasteiger charge is 2.44. The van der Waals surface area contributed by atoms with Crippen molar-refractivity contribution in [1.29, 1.82) is 0 Å². The lowest BCUT2D eigenvalue weighted by Gasteiger charge is -2.32. The number of unbranched alkanes of at least 4 members (excludes halogenated alkanes) is 1. The highest BCUT2D eigenvalue weighted by Crippen LogP contribution is 2.39. The van der Waals surface area contributed by atoms with Gasteiger partial charge in [-0.3, -0.25) is 14.5 Å². The Morgan fingerprint density at radius 3 is 2.45 bits per heavy atom. The van der Waals surface area contributed by atoms with Gasteiger partial charge < -0.3 is 10.2 Å². The number of hydrogen-bond donors (Lipinski definition) is 2. The summed E-state index contributed by atoms with van der Waals surface area (Å²) in [6, 6.07) is 0.0672. The van der Waals surface area contributed by atoms with Crippen molar-refractivity contribution in [1.82, 2.24) is 4.90 Å². The van der Waals surface area contributed by atoms with Gasteiger partial charge in [0.15, 0.2) is 0 Å². The highest BCUT2D eigenvalue weighted by atomic mass is 35.5. The van der Waals surface area contributed by atoms with Crippen LogP contribution in [0.5, 0.6) is 0 Å². The number of carbonyl (C=O) groups is 2. The van der Waals surface area contributed by atoms with Gasteiger partial charge in [0.25, 0.3) is 0 Å². The largest absolute Gasteiger partial charge is 0.481 e. The molecule has 3 atom stereocenters. The van der Waals surface area contributed by atoms with Crippen molar-refractivity contribution in [2.24, 2.45) is 5.92 Å². The summed E-state index contributed by atoms with van der Waals surface area (Å²) < 4.78 is 0. The standard InChI is InChI=1S/C14H23NO4.ClH/c16-13(17)7-3-4-8-15-11-6-2-1-5-10(11)9-12(15)14(18)19;/h10-12H,1-9H2,(H,16,17)(H,18,19);1H. The van der Waals surface area contributed by atoms with Crippen molar-refractivity contribution in [2.45, 2.75) is 63.5 Å². The fourth-order valence-electron chi connectivity index (χ4n) is 3.69. The third kappa shape index (κ3) is 4.09. The summed E-state index contributed by atoms with van der Waals surface area (Å²) in [4.78, 5) is 24.0. The Kier molecular flexibility index (Phi) is 6.76. The zero-order valence-corrected chi connectivity index (χ0v) is 12.5. The Hall–Kier alpha value is -0.810. The molecule has 2 fully saturated rings. The highest BCUT2D eigenvalue weighted by molar-refractivity contribution is 5.85. The molecule has 5 nitrogen and oxygen atoms in total. The first-order valence-corrected chi connectivity index (χ1v) is 7.30. The molecule has 2 rings (SSSR count). The average Bonchev–Trinajstić information content (AvgIpc) is 2.73. The average molecular weight is 306 g/mol. The summed E-state index contributed by atoms with van der Waals surface area (Å²) in [6.07, 6.45) is 7.04. The molecule has 0 aromatic carbocycles. The van der Waals surface area contributed by atoms with Crippen LogP contribution in [0, 0.1) is 5.92 Å². The third-order valence-corrected chi connectivity index (χ3v) is 4.56. The number of halogens is 1. The molecule has 1 aliphatic carbocycles. The predicted octanol–water partition coefficient (Wildman–Crippen LogP) is 2.38. The number of likely N-dealkylation sites (tertiary alicyclic amines) is 1. The van der Waals surface area contributed by atoms with Crippen molar-refractivity contribution < 1.29 is 19.8 Å². The van der Waals surface area contributed by atoms with Crippen LogP contribution in [0.4, 0.5) is 0 Å². The summed E-state index contributed by atoms with van der Waals surface area (Å²) in [7, 11) is 0. The van der Waals surface area contributed by atoms with Crippen LogP contribution >= 0.6 is 12.4 Å². The summed E-state index contributed by atoms with van der Waals surface area (Å²) in [5.74, 6) is -0.950. The zero-order chi connectivity index (χ0) is 13.8. The lowest BCUT2D eigenvalue weighted by molar-refractivity contribution is -0.143. The van der Waals surface area contributed by atoms with E-state index in [0.29, 0.717) is 18.4 Å². The van der Waals surface area contributed by atoms with E-state index < -0.39 is 11.9 Å². The third-order valence-electron chi connectivity index (χ3n) is 4.56. The zero-order valence-electron chi connectivity index (χ0n) is 11.7. The number of hydrogen-bond acceptors (Lipinski definition) is 3. The van der Waals surface area contributed by atoms with E-state index in [4.69, 9.17) is 5.11 Å². The first kappa shape index (κ1) is 17.2. The van der Waals surface area contributed by atoms with Crippen LogP contribution in [0.3, 0.4) is 0 Å². The van der Waals surface area contributed by atoms with E-state index in [0.717, 1.165) is 32.2 Å². The molecule has 1 saturated heterocycles. The Morgan fingerprint density at radius 2 is 1.80 bits per heavy atom. The molecule has 1 aliphatic heterocycles. The molecule has 1 saturated carbocycles. The second-order valence-electron chi connectivity index (χ2n) is 5.79. The van der Waals surface area contributed by atoms with E-state index in [1.54, 1.807) is 0 Å². The Morgan fingerprint density at radius 1 is 1.10 bits per heavy atom. The van der Waals surface area contributed by atoms with Gasteiger partial charge in [-0.15, -0.1) is 12.4 Å². The lowest BCUT2D eigenvalue weighted by Crippen LogP contribution is -2.42.